The van der Waals surface area contributed by atoms with E-state index in [-0.39, 0.29) is 12.5 Å². The Labute approximate surface area is 112 Å². The van der Waals surface area contributed by atoms with Crippen LogP contribution in [0.15, 0.2) is 28.8 Å². The zero-order chi connectivity index (χ0) is 13.8. The highest BCUT2D eigenvalue weighted by Crippen LogP contribution is 2.13. The second kappa shape index (κ2) is 5.56. The van der Waals surface area contributed by atoms with Crippen molar-refractivity contribution in [1.82, 2.24) is 5.16 Å². The predicted octanol–water partition coefficient (Wildman–Crippen LogP) is 2.65. The predicted molar refractivity (Wildman–Crippen MR) is 74.3 cm³/mol. The summed E-state index contributed by atoms with van der Waals surface area (Å²) in [5, 5.41) is 9.44. The summed E-state index contributed by atoms with van der Waals surface area (Å²) >= 11 is 0. The van der Waals surface area contributed by atoms with Gasteiger partial charge in [-0.15, -0.1) is 0 Å². The van der Waals surface area contributed by atoms with Crippen molar-refractivity contribution in [3.8, 4) is 0 Å². The molecule has 1 heterocycles. The normalized spacial score (nSPS) is 10.3. The van der Waals surface area contributed by atoms with E-state index in [4.69, 9.17) is 4.52 Å². The number of aromatic nitrogens is 1. The maximum absolute atomic E-state index is 11.7. The summed E-state index contributed by atoms with van der Waals surface area (Å²) in [7, 11) is 0. The molecule has 1 aromatic carbocycles. The summed E-state index contributed by atoms with van der Waals surface area (Å²) in [5.74, 6) is 0.940. The monoisotopic (exact) mass is 259 g/mol. The number of nitrogens with one attached hydrogen (secondary N) is 2. The number of aryl methyl sites for hydroxylation is 3. The van der Waals surface area contributed by atoms with Gasteiger partial charge in [-0.25, -0.2) is 0 Å². The lowest BCUT2D eigenvalue weighted by Gasteiger charge is -2.08. The first-order valence-corrected chi connectivity index (χ1v) is 6.08. The second-order valence-corrected chi connectivity index (χ2v) is 4.60. The van der Waals surface area contributed by atoms with E-state index in [1.54, 1.807) is 13.0 Å². The summed E-state index contributed by atoms with van der Waals surface area (Å²) in [6.45, 7) is 6.01. The minimum atomic E-state index is -0.160. The molecule has 2 rings (SSSR count). The van der Waals surface area contributed by atoms with Gasteiger partial charge in [0, 0.05) is 11.8 Å². The van der Waals surface area contributed by atoms with E-state index in [0.29, 0.717) is 11.6 Å². The SMILES string of the molecule is Cc1cc(C)cc(NCC(=O)Nc2cc(C)on2)c1. The molecule has 1 amide bonds. The molecule has 5 heteroatoms. The molecule has 2 N–H and O–H groups in total. The lowest BCUT2D eigenvalue weighted by atomic mass is 10.1. The van der Waals surface area contributed by atoms with Gasteiger partial charge in [0.05, 0.1) is 6.54 Å². The molecule has 5 nitrogen and oxygen atoms in total. The van der Waals surface area contributed by atoms with Crippen LogP contribution in [0.5, 0.6) is 0 Å². The van der Waals surface area contributed by atoms with Gasteiger partial charge in [-0.3, -0.25) is 4.79 Å². The fourth-order valence-corrected chi connectivity index (χ4v) is 1.87. The highest BCUT2D eigenvalue weighted by Gasteiger charge is 2.06. The van der Waals surface area contributed by atoms with E-state index in [2.05, 4.69) is 21.9 Å². The summed E-state index contributed by atoms with van der Waals surface area (Å²) in [4.78, 5) is 11.7. The Bertz CT molecular complexity index is 570. The average molecular weight is 259 g/mol. The van der Waals surface area contributed by atoms with Crippen LogP contribution in [0.3, 0.4) is 0 Å². The van der Waals surface area contributed by atoms with E-state index in [1.165, 1.54) is 0 Å². The fraction of sp³-hybridized carbons (Fsp3) is 0.286. The van der Waals surface area contributed by atoms with Crippen LogP contribution in [-0.4, -0.2) is 17.6 Å². The van der Waals surface area contributed by atoms with Crippen molar-refractivity contribution in [3.63, 3.8) is 0 Å². The van der Waals surface area contributed by atoms with E-state index in [1.807, 2.05) is 26.0 Å². The molecule has 1 aromatic heterocycles. The third-order valence-electron chi connectivity index (χ3n) is 2.57. The number of carbonyl (C=O) groups excluding carboxylic acids is 1. The van der Waals surface area contributed by atoms with Crippen molar-refractivity contribution in [1.29, 1.82) is 0 Å². The summed E-state index contributed by atoms with van der Waals surface area (Å²) in [5.41, 5.74) is 3.26. The minimum absolute atomic E-state index is 0.160. The lowest BCUT2D eigenvalue weighted by molar-refractivity contribution is -0.114. The van der Waals surface area contributed by atoms with Crippen molar-refractivity contribution in [2.45, 2.75) is 20.8 Å². The van der Waals surface area contributed by atoms with Gasteiger partial charge in [-0.05, 0) is 44.0 Å². The van der Waals surface area contributed by atoms with Crippen molar-refractivity contribution < 1.29 is 9.32 Å². The Morgan fingerprint density at radius 3 is 2.42 bits per heavy atom. The van der Waals surface area contributed by atoms with Crippen molar-refractivity contribution in [2.24, 2.45) is 0 Å². The van der Waals surface area contributed by atoms with Crippen molar-refractivity contribution in [3.05, 3.63) is 41.2 Å². The molecule has 19 heavy (non-hydrogen) atoms. The van der Waals surface area contributed by atoms with Gasteiger partial charge >= 0.3 is 0 Å². The maximum Gasteiger partial charge on any atom is 0.244 e. The van der Waals surface area contributed by atoms with Crippen LogP contribution < -0.4 is 10.6 Å². The number of carbonyl (C=O) groups is 1. The molecule has 0 aliphatic heterocycles. The van der Waals surface area contributed by atoms with Crippen LogP contribution in [0.2, 0.25) is 0 Å². The van der Waals surface area contributed by atoms with Crippen LogP contribution in [0.4, 0.5) is 11.5 Å². The summed E-state index contributed by atoms with van der Waals surface area (Å²) < 4.78 is 4.87. The maximum atomic E-state index is 11.7. The number of anilines is 2. The molecule has 0 radical (unpaired) electrons. The van der Waals surface area contributed by atoms with E-state index in [0.717, 1.165) is 16.8 Å². The first kappa shape index (κ1) is 13.1. The summed E-state index contributed by atoms with van der Waals surface area (Å²) in [6, 6.07) is 7.76. The molecular weight excluding hydrogens is 242 g/mol. The van der Waals surface area contributed by atoms with Gasteiger partial charge in [-0.2, -0.15) is 0 Å². The van der Waals surface area contributed by atoms with Gasteiger partial charge in [-0.1, -0.05) is 11.2 Å². The highest BCUT2D eigenvalue weighted by molar-refractivity contribution is 5.92. The molecule has 0 bridgehead atoms. The first-order chi connectivity index (χ1) is 9.02. The Balaban J connectivity index is 1.89. The van der Waals surface area contributed by atoms with Crippen LogP contribution in [-0.2, 0) is 4.79 Å². The van der Waals surface area contributed by atoms with E-state index >= 15 is 0 Å². The minimum Gasteiger partial charge on any atom is -0.376 e. The number of hydrogen-bond donors (Lipinski definition) is 2. The molecular formula is C14H17N3O2. The number of rotatable bonds is 4. The zero-order valence-corrected chi connectivity index (χ0v) is 11.3. The van der Waals surface area contributed by atoms with Gasteiger partial charge < -0.3 is 15.2 Å². The zero-order valence-electron chi connectivity index (χ0n) is 11.3. The molecule has 0 unspecified atom stereocenters. The Kier molecular flexibility index (Phi) is 3.85. The smallest absolute Gasteiger partial charge is 0.244 e. The fourth-order valence-electron chi connectivity index (χ4n) is 1.87. The Morgan fingerprint density at radius 1 is 1.16 bits per heavy atom. The molecule has 0 atom stereocenters. The molecule has 0 saturated heterocycles. The molecule has 0 saturated carbocycles. The third kappa shape index (κ3) is 3.84. The number of nitrogens with zero attached hydrogens (tertiary/aromatic N) is 1. The molecule has 0 aliphatic rings. The molecule has 2 aromatic rings. The first-order valence-electron chi connectivity index (χ1n) is 6.08. The Hall–Kier alpha value is -2.30. The van der Waals surface area contributed by atoms with Gasteiger partial charge in [0.2, 0.25) is 5.91 Å². The van der Waals surface area contributed by atoms with Crippen molar-refractivity contribution >= 4 is 17.4 Å². The van der Waals surface area contributed by atoms with Crippen LogP contribution >= 0.6 is 0 Å². The Morgan fingerprint density at radius 2 is 1.84 bits per heavy atom. The number of amides is 1. The van der Waals surface area contributed by atoms with Crippen molar-refractivity contribution in [2.75, 3.05) is 17.2 Å². The summed E-state index contributed by atoms with van der Waals surface area (Å²) in [6.07, 6.45) is 0. The quantitative estimate of drug-likeness (QED) is 0.885. The number of benzene rings is 1. The van der Waals surface area contributed by atoms with Crippen LogP contribution in [0.1, 0.15) is 16.9 Å². The van der Waals surface area contributed by atoms with Crippen LogP contribution in [0, 0.1) is 20.8 Å². The van der Waals surface area contributed by atoms with Gasteiger partial charge in [0.25, 0.3) is 0 Å². The van der Waals surface area contributed by atoms with E-state index < -0.39 is 0 Å². The second-order valence-electron chi connectivity index (χ2n) is 4.60. The highest BCUT2D eigenvalue weighted by atomic mass is 16.5. The third-order valence-corrected chi connectivity index (χ3v) is 2.57. The average Bonchev–Trinajstić information content (AvgIpc) is 2.71. The van der Waals surface area contributed by atoms with Crippen LogP contribution in [0.25, 0.3) is 0 Å². The largest absolute Gasteiger partial charge is 0.376 e. The topological polar surface area (TPSA) is 67.2 Å². The molecule has 0 fully saturated rings. The molecule has 0 aliphatic carbocycles. The standard InChI is InChI=1S/C14H17N3O2/c1-9-4-10(2)6-12(5-9)15-8-14(18)16-13-7-11(3)19-17-13/h4-7,15H,8H2,1-3H3,(H,16,17,18). The van der Waals surface area contributed by atoms with Gasteiger partial charge in [0.15, 0.2) is 5.82 Å². The van der Waals surface area contributed by atoms with Gasteiger partial charge in [0.1, 0.15) is 5.76 Å². The molecule has 0 spiro atoms. The lowest BCUT2D eigenvalue weighted by Crippen LogP contribution is -2.21. The number of hydrogen-bond acceptors (Lipinski definition) is 4. The van der Waals surface area contributed by atoms with E-state index in [9.17, 15) is 4.79 Å². The molecule has 100 valence electrons.